The van der Waals surface area contributed by atoms with Crippen LogP contribution < -0.4 is 14.8 Å². The van der Waals surface area contributed by atoms with Crippen molar-refractivity contribution in [3.05, 3.63) is 54.1 Å². The van der Waals surface area contributed by atoms with Crippen LogP contribution in [-0.2, 0) is 10.0 Å². The number of hydrogen-bond donors (Lipinski definition) is 2. The second-order valence-corrected chi connectivity index (χ2v) is 8.21. The van der Waals surface area contributed by atoms with Crippen LogP contribution in [0.5, 0.6) is 5.75 Å². The maximum atomic E-state index is 12.3. The number of anilines is 1. The molecule has 9 nitrogen and oxygen atoms in total. The van der Waals surface area contributed by atoms with Crippen LogP contribution in [0.1, 0.15) is 11.4 Å². The molecule has 0 saturated carbocycles. The van der Waals surface area contributed by atoms with Crippen molar-refractivity contribution in [1.29, 1.82) is 0 Å². The highest BCUT2D eigenvalue weighted by Gasteiger charge is 2.31. The molecule has 31 heavy (non-hydrogen) atoms. The average Bonchev–Trinajstić information content (AvgIpc) is 3.03. The Balaban J connectivity index is 1.55. The summed E-state index contributed by atoms with van der Waals surface area (Å²) in [6, 6.07) is 7.51. The maximum absolute atomic E-state index is 12.3. The molecule has 0 bridgehead atoms. The van der Waals surface area contributed by atoms with E-state index in [4.69, 9.17) is 0 Å². The number of aromatic nitrogens is 4. The zero-order valence-electron chi connectivity index (χ0n) is 16.5. The molecule has 13 heteroatoms. The Labute approximate surface area is 176 Å². The molecular formula is C18H19F3N6O3S. The molecule has 3 aromatic rings. The van der Waals surface area contributed by atoms with Crippen molar-refractivity contribution in [3.8, 4) is 11.6 Å². The number of hydrogen-bond acceptors (Lipinski definition) is 7. The van der Waals surface area contributed by atoms with E-state index in [1.165, 1.54) is 6.33 Å². The van der Waals surface area contributed by atoms with Gasteiger partial charge in [-0.1, -0.05) is 0 Å². The lowest BCUT2D eigenvalue weighted by molar-refractivity contribution is -0.274. The minimum Gasteiger partial charge on any atom is -0.406 e. The van der Waals surface area contributed by atoms with E-state index in [0.29, 0.717) is 11.6 Å². The van der Waals surface area contributed by atoms with Crippen molar-refractivity contribution < 1.29 is 26.3 Å². The van der Waals surface area contributed by atoms with E-state index < -0.39 is 22.1 Å². The third-order valence-corrected chi connectivity index (χ3v) is 5.45. The Bertz CT molecular complexity index is 1150. The highest BCUT2D eigenvalue weighted by Crippen LogP contribution is 2.23. The SMILES string of the molecule is Cc1cc(C)n(-c2cc(NCCNS(=O)(=O)c3ccc(OC(F)(F)F)cc3)ncn2)n1. The van der Waals surface area contributed by atoms with Gasteiger partial charge in [-0.2, -0.15) is 5.10 Å². The van der Waals surface area contributed by atoms with Gasteiger partial charge in [0.2, 0.25) is 10.0 Å². The van der Waals surface area contributed by atoms with Gasteiger partial charge in [-0.3, -0.25) is 0 Å². The first-order chi connectivity index (χ1) is 14.5. The summed E-state index contributed by atoms with van der Waals surface area (Å²) >= 11 is 0. The van der Waals surface area contributed by atoms with E-state index in [1.54, 1.807) is 10.7 Å². The van der Waals surface area contributed by atoms with Gasteiger partial charge in [0.05, 0.1) is 10.6 Å². The molecule has 0 atom stereocenters. The lowest BCUT2D eigenvalue weighted by Gasteiger charge is -2.11. The molecular weight excluding hydrogens is 437 g/mol. The van der Waals surface area contributed by atoms with Crippen molar-refractivity contribution in [1.82, 2.24) is 24.5 Å². The number of aryl methyl sites for hydroxylation is 2. The van der Waals surface area contributed by atoms with Crippen molar-refractivity contribution >= 4 is 15.8 Å². The first-order valence-corrected chi connectivity index (χ1v) is 10.5. The molecule has 0 aliphatic rings. The van der Waals surface area contributed by atoms with Gasteiger partial charge in [-0.05, 0) is 44.2 Å². The fraction of sp³-hybridized carbons (Fsp3) is 0.278. The molecule has 0 fully saturated rings. The van der Waals surface area contributed by atoms with E-state index >= 15 is 0 Å². The van der Waals surface area contributed by atoms with Gasteiger partial charge >= 0.3 is 6.36 Å². The molecule has 2 N–H and O–H groups in total. The highest BCUT2D eigenvalue weighted by molar-refractivity contribution is 7.89. The number of sulfonamides is 1. The standard InChI is InChI=1S/C18H19F3N6O3S/c1-12-9-13(2)27(26-12)17-10-16(23-11-24-17)22-7-8-25-31(28,29)15-5-3-14(4-6-15)30-18(19,20)21/h3-6,9-11,25H,7-8H2,1-2H3,(H,22,23,24). The molecule has 166 valence electrons. The van der Waals surface area contributed by atoms with Crippen LogP contribution in [0.4, 0.5) is 19.0 Å². The predicted octanol–water partition coefficient (Wildman–Crippen LogP) is 2.57. The normalized spacial score (nSPS) is 12.0. The number of alkyl halides is 3. The summed E-state index contributed by atoms with van der Waals surface area (Å²) in [4.78, 5) is 8.08. The highest BCUT2D eigenvalue weighted by atomic mass is 32.2. The van der Waals surface area contributed by atoms with Gasteiger partial charge in [0.1, 0.15) is 17.9 Å². The quantitative estimate of drug-likeness (QED) is 0.501. The summed E-state index contributed by atoms with van der Waals surface area (Å²) < 4.78 is 68.9. The Hall–Kier alpha value is -3.19. The van der Waals surface area contributed by atoms with E-state index in [0.717, 1.165) is 35.7 Å². The Morgan fingerprint density at radius 3 is 2.39 bits per heavy atom. The van der Waals surface area contributed by atoms with Gasteiger partial charge in [-0.25, -0.2) is 27.8 Å². The predicted molar refractivity (Wildman–Crippen MR) is 105 cm³/mol. The number of ether oxygens (including phenoxy) is 1. The van der Waals surface area contributed by atoms with Crippen LogP contribution in [-0.4, -0.2) is 47.6 Å². The molecule has 2 heterocycles. The minimum absolute atomic E-state index is 0.0162. The van der Waals surface area contributed by atoms with Crippen LogP contribution in [0, 0.1) is 13.8 Å². The van der Waals surface area contributed by atoms with E-state index in [1.807, 2.05) is 19.9 Å². The molecule has 0 aliphatic carbocycles. The lowest BCUT2D eigenvalue weighted by Crippen LogP contribution is -2.29. The zero-order valence-corrected chi connectivity index (χ0v) is 17.3. The van der Waals surface area contributed by atoms with Gasteiger partial charge in [-0.15, -0.1) is 13.2 Å². The minimum atomic E-state index is -4.85. The average molecular weight is 456 g/mol. The topological polar surface area (TPSA) is 111 Å². The summed E-state index contributed by atoms with van der Waals surface area (Å²) in [6.07, 6.45) is -3.48. The fourth-order valence-electron chi connectivity index (χ4n) is 2.70. The summed E-state index contributed by atoms with van der Waals surface area (Å²) in [5, 5.41) is 7.32. The van der Waals surface area contributed by atoms with Crippen LogP contribution in [0.2, 0.25) is 0 Å². The molecule has 0 radical (unpaired) electrons. The number of halogens is 3. The number of nitrogens with zero attached hydrogens (tertiary/aromatic N) is 4. The molecule has 0 spiro atoms. The Morgan fingerprint density at radius 2 is 1.77 bits per heavy atom. The van der Waals surface area contributed by atoms with Crippen LogP contribution in [0.25, 0.3) is 5.82 Å². The third-order valence-electron chi connectivity index (χ3n) is 3.97. The number of nitrogens with one attached hydrogen (secondary N) is 2. The fourth-order valence-corrected chi connectivity index (χ4v) is 3.73. The largest absolute Gasteiger partial charge is 0.573 e. The van der Waals surface area contributed by atoms with Crippen molar-refractivity contribution in [2.24, 2.45) is 0 Å². The molecule has 3 rings (SSSR count). The lowest BCUT2D eigenvalue weighted by atomic mass is 10.3. The van der Waals surface area contributed by atoms with Crippen LogP contribution >= 0.6 is 0 Å². The van der Waals surface area contributed by atoms with Crippen molar-refractivity contribution in [2.45, 2.75) is 25.1 Å². The van der Waals surface area contributed by atoms with Gasteiger partial charge in [0.15, 0.2) is 5.82 Å². The Kier molecular flexibility index (Phi) is 6.45. The van der Waals surface area contributed by atoms with E-state index in [9.17, 15) is 21.6 Å². The van der Waals surface area contributed by atoms with Gasteiger partial charge < -0.3 is 10.1 Å². The molecule has 0 amide bonds. The summed E-state index contributed by atoms with van der Waals surface area (Å²) in [5.74, 6) is 0.533. The van der Waals surface area contributed by atoms with Crippen LogP contribution in [0.3, 0.4) is 0 Å². The second-order valence-electron chi connectivity index (χ2n) is 6.44. The molecule has 0 saturated heterocycles. The zero-order chi connectivity index (χ0) is 22.6. The van der Waals surface area contributed by atoms with E-state index in [2.05, 4.69) is 29.8 Å². The Morgan fingerprint density at radius 1 is 1.06 bits per heavy atom. The molecule has 1 aromatic carbocycles. The van der Waals surface area contributed by atoms with Crippen molar-refractivity contribution in [3.63, 3.8) is 0 Å². The first kappa shape index (κ1) is 22.5. The van der Waals surface area contributed by atoms with E-state index in [-0.39, 0.29) is 18.0 Å². The van der Waals surface area contributed by atoms with Gasteiger partial charge in [0.25, 0.3) is 0 Å². The first-order valence-electron chi connectivity index (χ1n) is 8.98. The second kappa shape index (κ2) is 8.89. The summed E-state index contributed by atoms with van der Waals surface area (Å²) in [7, 11) is -3.90. The summed E-state index contributed by atoms with van der Waals surface area (Å²) in [6.45, 7) is 3.99. The van der Waals surface area contributed by atoms with Crippen LogP contribution in [0.15, 0.2) is 47.6 Å². The monoisotopic (exact) mass is 456 g/mol. The number of benzene rings is 1. The number of rotatable bonds is 8. The summed E-state index contributed by atoms with van der Waals surface area (Å²) in [5.41, 5.74) is 1.75. The van der Waals surface area contributed by atoms with Gasteiger partial charge in [0, 0.05) is 24.8 Å². The molecule has 2 aromatic heterocycles. The maximum Gasteiger partial charge on any atom is 0.573 e. The molecule has 0 aliphatic heterocycles. The van der Waals surface area contributed by atoms with Crippen molar-refractivity contribution in [2.75, 3.05) is 18.4 Å². The smallest absolute Gasteiger partial charge is 0.406 e. The third kappa shape index (κ3) is 6.15. The molecule has 0 unspecified atom stereocenters.